The number of anilines is 1. The highest BCUT2D eigenvalue weighted by Crippen LogP contribution is 2.28. The number of aliphatic hydroxyl groups is 1. The third-order valence-corrected chi connectivity index (χ3v) is 3.68. The zero-order valence-corrected chi connectivity index (χ0v) is 12.0. The zero-order chi connectivity index (χ0) is 13.9. The Bertz CT molecular complexity index is 511. The SMILES string of the molecule is CCC(C)(O)C#Cc1cccc2c1CCCN2NC. The van der Waals surface area contributed by atoms with Crippen LogP contribution in [0.3, 0.4) is 0 Å². The Kier molecular flexibility index (Phi) is 4.14. The number of benzene rings is 1. The van der Waals surface area contributed by atoms with Gasteiger partial charge >= 0.3 is 0 Å². The van der Waals surface area contributed by atoms with Crippen LogP contribution in [0.15, 0.2) is 18.2 Å². The lowest BCUT2D eigenvalue weighted by Crippen LogP contribution is -2.39. The van der Waals surface area contributed by atoms with Gasteiger partial charge in [0.15, 0.2) is 0 Å². The Labute approximate surface area is 115 Å². The van der Waals surface area contributed by atoms with Gasteiger partial charge in [0.25, 0.3) is 0 Å². The molecule has 1 unspecified atom stereocenters. The maximum Gasteiger partial charge on any atom is 0.122 e. The van der Waals surface area contributed by atoms with E-state index in [0.717, 1.165) is 24.9 Å². The summed E-state index contributed by atoms with van der Waals surface area (Å²) in [6.45, 7) is 4.72. The fourth-order valence-electron chi connectivity index (χ4n) is 2.26. The summed E-state index contributed by atoms with van der Waals surface area (Å²) in [5.41, 5.74) is 5.82. The molecule has 3 nitrogen and oxygen atoms in total. The van der Waals surface area contributed by atoms with Gasteiger partial charge in [-0.25, -0.2) is 5.43 Å². The minimum Gasteiger partial charge on any atom is -0.378 e. The van der Waals surface area contributed by atoms with Crippen LogP contribution in [-0.2, 0) is 6.42 Å². The number of rotatable bonds is 2. The van der Waals surface area contributed by atoms with Crippen LogP contribution in [-0.4, -0.2) is 24.3 Å². The zero-order valence-electron chi connectivity index (χ0n) is 12.0. The highest BCUT2D eigenvalue weighted by molar-refractivity contribution is 5.61. The van der Waals surface area contributed by atoms with E-state index in [0.29, 0.717) is 6.42 Å². The molecule has 0 saturated carbocycles. The van der Waals surface area contributed by atoms with E-state index in [4.69, 9.17) is 0 Å². The predicted molar refractivity (Wildman–Crippen MR) is 79.0 cm³/mol. The molecule has 1 heterocycles. The lowest BCUT2D eigenvalue weighted by molar-refractivity contribution is 0.118. The molecule has 2 N–H and O–H groups in total. The highest BCUT2D eigenvalue weighted by Gasteiger charge is 2.18. The Morgan fingerprint density at radius 2 is 2.26 bits per heavy atom. The molecule has 0 fully saturated rings. The summed E-state index contributed by atoms with van der Waals surface area (Å²) in [6, 6.07) is 6.18. The van der Waals surface area contributed by atoms with Crippen LogP contribution >= 0.6 is 0 Å². The van der Waals surface area contributed by atoms with Crippen molar-refractivity contribution < 1.29 is 5.11 Å². The molecular formula is C16H22N2O. The summed E-state index contributed by atoms with van der Waals surface area (Å²) >= 11 is 0. The summed E-state index contributed by atoms with van der Waals surface area (Å²) in [4.78, 5) is 0. The van der Waals surface area contributed by atoms with Crippen LogP contribution in [0.4, 0.5) is 5.69 Å². The predicted octanol–water partition coefficient (Wildman–Crippen LogP) is 2.09. The molecule has 0 aliphatic carbocycles. The summed E-state index contributed by atoms with van der Waals surface area (Å²) in [6.07, 6.45) is 2.81. The lowest BCUT2D eigenvalue weighted by Gasteiger charge is -2.30. The van der Waals surface area contributed by atoms with Gasteiger partial charge in [-0.3, -0.25) is 0 Å². The molecule has 1 aliphatic rings. The van der Waals surface area contributed by atoms with Crippen molar-refractivity contribution in [3.63, 3.8) is 0 Å². The second-order valence-corrected chi connectivity index (χ2v) is 5.16. The van der Waals surface area contributed by atoms with Crippen LogP contribution in [0.5, 0.6) is 0 Å². The third-order valence-electron chi connectivity index (χ3n) is 3.68. The monoisotopic (exact) mass is 258 g/mol. The molecule has 1 aromatic rings. The first-order valence-electron chi connectivity index (χ1n) is 6.90. The van der Waals surface area contributed by atoms with E-state index in [1.54, 1.807) is 6.92 Å². The van der Waals surface area contributed by atoms with E-state index < -0.39 is 5.60 Å². The van der Waals surface area contributed by atoms with Gasteiger partial charge < -0.3 is 10.1 Å². The normalized spacial score (nSPS) is 17.2. The van der Waals surface area contributed by atoms with Crippen molar-refractivity contribution in [3.8, 4) is 11.8 Å². The standard InChI is InChI=1S/C16H22N2O/c1-4-16(2,19)11-10-13-7-5-9-15-14(13)8-6-12-18(15)17-3/h5,7,9,17,19H,4,6,8,12H2,1-3H3. The largest absolute Gasteiger partial charge is 0.378 e. The summed E-state index contributed by atoms with van der Waals surface area (Å²) < 4.78 is 0. The smallest absolute Gasteiger partial charge is 0.122 e. The highest BCUT2D eigenvalue weighted by atomic mass is 16.3. The third kappa shape index (κ3) is 3.09. The number of hydrogen-bond acceptors (Lipinski definition) is 3. The van der Waals surface area contributed by atoms with Gasteiger partial charge in [-0.05, 0) is 43.9 Å². The molecule has 0 amide bonds. The molecule has 1 aliphatic heterocycles. The van der Waals surface area contributed by atoms with E-state index in [1.165, 1.54) is 11.3 Å². The Balaban J connectivity index is 2.38. The fourth-order valence-corrected chi connectivity index (χ4v) is 2.26. The average Bonchev–Trinajstić information content (AvgIpc) is 2.44. The van der Waals surface area contributed by atoms with Crippen molar-refractivity contribution in [1.29, 1.82) is 0 Å². The Hall–Kier alpha value is -1.50. The van der Waals surface area contributed by atoms with Gasteiger partial charge in [0, 0.05) is 19.2 Å². The maximum absolute atomic E-state index is 9.99. The topological polar surface area (TPSA) is 35.5 Å². The number of fused-ring (bicyclic) bond motifs is 1. The number of nitrogens with one attached hydrogen (secondary N) is 1. The quantitative estimate of drug-likeness (QED) is 0.797. The average molecular weight is 258 g/mol. The minimum absolute atomic E-state index is 0.637. The van der Waals surface area contributed by atoms with Crippen molar-refractivity contribution in [3.05, 3.63) is 29.3 Å². The molecule has 1 atom stereocenters. The molecule has 0 bridgehead atoms. The molecule has 2 rings (SSSR count). The first kappa shape index (κ1) is 13.9. The van der Waals surface area contributed by atoms with Gasteiger partial charge in [-0.1, -0.05) is 24.8 Å². The second kappa shape index (κ2) is 5.64. The number of hydrogen-bond donors (Lipinski definition) is 2. The molecule has 0 radical (unpaired) electrons. The fraction of sp³-hybridized carbons (Fsp3) is 0.500. The molecule has 1 aromatic carbocycles. The molecule has 3 heteroatoms. The van der Waals surface area contributed by atoms with Crippen molar-refractivity contribution in [2.75, 3.05) is 18.6 Å². The molecular weight excluding hydrogens is 236 g/mol. The lowest BCUT2D eigenvalue weighted by atomic mass is 9.96. The van der Waals surface area contributed by atoms with E-state index in [-0.39, 0.29) is 0 Å². The second-order valence-electron chi connectivity index (χ2n) is 5.16. The number of nitrogens with zero attached hydrogens (tertiary/aromatic N) is 1. The van der Waals surface area contributed by atoms with Crippen LogP contribution in [0.1, 0.15) is 37.8 Å². The molecule has 102 valence electrons. The van der Waals surface area contributed by atoms with Crippen LogP contribution < -0.4 is 10.4 Å². The van der Waals surface area contributed by atoms with E-state index in [1.807, 2.05) is 26.1 Å². The number of hydrazine groups is 1. The maximum atomic E-state index is 9.99. The van der Waals surface area contributed by atoms with Crippen molar-refractivity contribution in [2.24, 2.45) is 0 Å². The van der Waals surface area contributed by atoms with Gasteiger partial charge in [0.05, 0.1) is 5.69 Å². The van der Waals surface area contributed by atoms with Crippen molar-refractivity contribution in [2.45, 2.75) is 38.7 Å². The minimum atomic E-state index is -0.903. The van der Waals surface area contributed by atoms with Gasteiger partial charge in [-0.15, -0.1) is 0 Å². The van der Waals surface area contributed by atoms with E-state index in [2.05, 4.69) is 28.3 Å². The molecule has 0 saturated heterocycles. The van der Waals surface area contributed by atoms with Crippen LogP contribution in [0, 0.1) is 11.8 Å². The first-order chi connectivity index (χ1) is 9.07. The van der Waals surface area contributed by atoms with Gasteiger partial charge in [0.1, 0.15) is 5.60 Å². The summed E-state index contributed by atoms with van der Waals surface area (Å²) in [5.74, 6) is 6.13. The van der Waals surface area contributed by atoms with Gasteiger partial charge in [-0.2, -0.15) is 0 Å². The first-order valence-corrected chi connectivity index (χ1v) is 6.90. The van der Waals surface area contributed by atoms with Crippen LogP contribution in [0.25, 0.3) is 0 Å². The van der Waals surface area contributed by atoms with E-state index in [9.17, 15) is 5.11 Å². The Morgan fingerprint density at radius 1 is 1.47 bits per heavy atom. The van der Waals surface area contributed by atoms with Crippen LogP contribution in [0.2, 0.25) is 0 Å². The molecule has 19 heavy (non-hydrogen) atoms. The van der Waals surface area contributed by atoms with Gasteiger partial charge in [0.2, 0.25) is 0 Å². The van der Waals surface area contributed by atoms with E-state index >= 15 is 0 Å². The Morgan fingerprint density at radius 3 is 2.95 bits per heavy atom. The molecule has 0 spiro atoms. The molecule has 0 aromatic heterocycles. The summed E-state index contributed by atoms with van der Waals surface area (Å²) in [7, 11) is 1.94. The van der Waals surface area contributed by atoms with Crippen molar-refractivity contribution >= 4 is 5.69 Å². The summed E-state index contributed by atoms with van der Waals surface area (Å²) in [5, 5.41) is 12.1. The van der Waals surface area contributed by atoms with Crippen molar-refractivity contribution in [1.82, 2.24) is 5.43 Å².